The van der Waals surface area contributed by atoms with Gasteiger partial charge in [0.15, 0.2) is 16.7 Å². The highest BCUT2D eigenvalue weighted by Crippen LogP contribution is 2.23. The summed E-state index contributed by atoms with van der Waals surface area (Å²) in [5.41, 5.74) is 2.92. The Morgan fingerprint density at radius 2 is 1.55 bits per heavy atom. The average Bonchev–Trinajstić information content (AvgIpc) is 2.78. The van der Waals surface area contributed by atoms with Gasteiger partial charge in [0.1, 0.15) is 5.75 Å². The Kier molecular flexibility index (Phi) is 7.81. The summed E-state index contributed by atoms with van der Waals surface area (Å²) in [6, 6.07) is 21.9. The van der Waals surface area contributed by atoms with Crippen LogP contribution in [0, 0.1) is 0 Å². The van der Waals surface area contributed by atoms with Gasteiger partial charge in [-0.3, -0.25) is 9.59 Å². The Bertz CT molecular complexity index is 1080. The topological polar surface area (TPSA) is 67.4 Å². The first-order valence-corrected chi connectivity index (χ1v) is 10.9. The monoisotopic (exact) mass is 450 g/mol. The zero-order valence-electron chi connectivity index (χ0n) is 17.2. The third-order valence-electron chi connectivity index (χ3n) is 4.42. The summed E-state index contributed by atoms with van der Waals surface area (Å²) in [6.07, 6.45) is 0. The minimum absolute atomic E-state index is 0.0204. The van der Waals surface area contributed by atoms with Crippen LogP contribution in [0.5, 0.6) is 5.75 Å². The molecule has 0 fully saturated rings. The van der Waals surface area contributed by atoms with Crippen LogP contribution in [0.15, 0.2) is 77.7 Å². The third-order valence-corrected chi connectivity index (χ3v) is 5.62. The highest BCUT2D eigenvalue weighted by molar-refractivity contribution is 8.00. The quantitative estimate of drug-likeness (QED) is 0.260. The lowest BCUT2D eigenvalue weighted by atomic mass is 10.1. The molecule has 0 spiro atoms. The van der Waals surface area contributed by atoms with Crippen molar-refractivity contribution in [1.82, 2.24) is 0 Å². The van der Waals surface area contributed by atoms with Crippen LogP contribution in [0.25, 0.3) is 0 Å². The fourth-order valence-corrected chi connectivity index (χ4v) is 3.84. The first-order valence-electron chi connectivity index (χ1n) is 9.54. The number of carbonyl (C=O) groups excluding carboxylic acids is 2. The fourth-order valence-electron chi connectivity index (χ4n) is 2.75. The van der Waals surface area contributed by atoms with Gasteiger partial charge in [-0.1, -0.05) is 6.07 Å². The van der Waals surface area contributed by atoms with Crippen molar-refractivity contribution in [2.75, 3.05) is 23.5 Å². The Labute approximate surface area is 191 Å². The van der Waals surface area contributed by atoms with Gasteiger partial charge in [-0.15, -0.1) is 11.8 Å². The lowest BCUT2D eigenvalue weighted by molar-refractivity contribution is 0.101. The van der Waals surface area contributed by atoms with Crippen molar-refractivity contribution in [2.24, 2.45) is 0 Å². The zero-order valence-corrected chi connectivity index (χ0v) is 18.8. The molecule has 3 aromatic rings. The molecule has 3 rings (SSSR count). The Morgan fingerprint density at radius 1 is 0.903 bits per heavy atom. The molecular weight excluding hydrogens is 428 g/mol. The number of hydrogen-bond donors (Lipinski definition) is 2. The maximum atomic E-state index is 12.4. The fraction of sp³-hybridized carbons (Fsp3) is 0.125. The second-order valence-electron chi connectivity index (χ2n) is 6.68. The van der Waals surface area contributed by atoms with Crippen molar-refractivity contribution in [2.45, 2.75) is 11.8 Å². The molecule has 2 N–H and O–H groups in total. The van der Waals surface area contributed by atoms with Gasteiger partial charge in [0, 0.05) is 27.4 Å². The van der Waals surface area contributed by atoms with E-state index < -0.39 is 0 Å². The molecule has 0 saturated heterocycles. The number of Topliss-reactive ketones (excluding diaryl/α,β-unsaturated/α-hetero) is 2. The van der Waals surface area contributed by atoms with Gasteiger partial charge in [0.05, 0.1) is 12.9 Å². The van der Waals surface area contributed by atoms with Gasteiger partial charge in [0.2, 0.25) is 0 Å². The van der Waals surface area contributed by atoms with E-state index in [-0.39, 0.29) is 11.6 Å². The molecule has 0 aromatic heterocycles. The number of hydrogen-bond acceptors (Lipinski definition) is 5. The highest BCUT2D eigenvalue weighted by Gasteiger charge is 2.08. The molecule has 0 heterocycles. The van der Waals surface area contributed by atoms with Crippen LogP contribution in [0.3, 0.4) is 0 Å². The molecule has 0 aliphatic carbocycles. The normalized spacial score (nSPS) is 10.3. The van der Waals surface area contributed by atoms with Crippen LogP contribution in [-0.2, 0) is 0 Å². The third kappa shape index (κ3) is 6.67. The standard InChI is InChI=1S/C24H22N2O3S2/c1-16(27)17-6-10-19(11-7-17)25-24(30)26-20-4-3-5-22(14-20)31-15-23(28)18-8-12-21(29-2)13-9-18/h3-14H,15H2,1-2H3,(H2,25,26,30). The van der Waals surface area contributed by atoms with E-state index in [9.17, 15) is 9.59 Å². The van der Waals surface area contributed by atoms with Crippen LogP contribution in [0.1, 0.15) is 27.6 Å². The minimum Gasteiger partial charge on any atom is -0.497 e. The average molecular weight is 451 g/mol. The number of carbonyl (C=O) groups is 2. The second-order valence-corrected chi connectivity index (χ2v) is 8.14. The van der Waals surface area contributed by atoms with Gasteiger partial charge < -0.3 is 15.4 Å². The van der Waals surface area contributed by atoms with Crippen molar-refractivity contribution in [3.8, 4) is 5.75 Å². The molecule has 0 atom stereocenters. The van der Waals surface area contributed by atoms with E-state index in [0.29, 0.717) is 22.0 Å². The molecule has 0 aliphatic rings. The zero-order chi connectivity index (χ0) is 22.2. The van der Waals surface area contributed by atoms with Gasteiger partial charge >= 0.3 is 0 Å². The first-order chi connectivity index (χ1) is 14.9. The van der Waals surface area contributed by atoms with Gasteiger partial charge in [0.25, 0.3) is 0 Å². The van der Waals surface area contributed by atoms with Gasteiger partial charge in [-0.2, -0.15) is 0 Å². The number of thioether (sulfide) groups is 1. The number of rotatable bonds is 8. The summed E-state index contributed by atoms with van der Waals surface area (Å²) in [5, 5.41) is 6.67. The number of benzene rings is 3. The maximum absolute atomic E-state index is 12.4. The molecule has 0 saturated carbocycles. The maximum Gasteiger partial charge on any atom is 0.175 e. The minimum atomic E-state index is 0.0204. The Hall–Kier alpha value is -3.16. The molecule has 5 nitrogen and oxygen atoms in total. The SMILES string of the molecule is COc1ccc(C(=O)CSc2cccc(NC(=S)Nc3ccc(C(C)=O)cc3)c2)cc1. The second kappa shape index (κ2) is 10.7. The van der Waals surface area contributed by atoms with E-state index in [1.807, 2.05) is 36.4 Å². The molecular formula is C24H22N2O3S2. The summed E-state index contributed by atoms with van der Waals surface area (Å²) >= 11 is 6.84. The van der Waals surface area contributed by atoms with Crippen molar-refractivity contribution in [1.29, 1.82) is 0 Å². The summed E-state index contributed by atoms with van der Waals surface area (Å²) in [6.45, 7) is 1.53. The molecule has 0 amide bonds. The summed E-state index contributed by atoms with van der Waals surface area (Å²) in [4.78, 5) is 24.7. The Morgan fingerprint density at radius 3 is 2.19 bits per heavy atom. The van der Waals surface area contributed by atoms with Crippen LogP contribution in [0.2, 0.25) is 0 Å². The number of nitrogens with one attached hydrogen (secondary N) is 2. The van der Waals surface area contributed by atoms with Crippen LogP contribution < -0.4 is 15.4 Å². The smallest absolute Gasteiger partial charge is 0.175 e. The van der Waals surface area contributed by atoms with Gasteiger partial charge in [-0.05, 0) is 85.9 Å². The van der Waals surface area contributed by atoms with E-state index in [4.69, 9.17) is 17.0 Å². The van der Waals surface area contributed by atoms with E-state index in [2.05, 4.69) is 10.6 Å². The van der Waals surface area contributed by atoms with E-state index in [0.717, 1.165) is 22.0 Å². The predicted molar refractivity (Wildman–Crippen MR) is 131 cm³/mol. The molecule has 3 aromatic carbocycles. The van der Waals surface area contributed by atoms with E-state index in [1.54, 1.807) is 43.5 Å². The molecule has 7 heteroatoms. The van der Waals surface area contributed by atoms with Crippen LogP contribution in [0.4, 0.5) is 11.4 Å². The number of ketones is 2. The summed E-state index contributed by atoms with van der Waals surface area (Å²) < 4.78 is 5.12. The van der Waals surface area contributed by atoms with Crippen molar-refractivity contribution in [3.63, 3.8) is 0 Å². The van der Waals surface area contributed by atoms with Crippen molar-refractivity contribution >= 4 is 52.0 Å². The van der Waals surface area contributed by atoms with E-state index in [1.165, 1.54) is 18.7 Å². The molecule has 0 aliphatic heterocycles. The molecule has 31 heavy (non-hydrogen) atoms. The number of methoxy groups -OCH3 is 1. The predicted octanol–water partition coefficient (Wildman–Crippen LogP) is 5.68. The van der Waals surface area contributed by atoms with Crippen molar-refractivity contribution in [3.05, 3.63) is 83.9 Å². The van der Waals surface area contributed by atoms with Crippen LogP contribution in [-0.4, -0.2) is 29.5 Å². The van der Waals surface area contributed by atoms with Gasteiger partial charge in [-0.25, -0.2) is 0 Å². The number of ether oxygens (including phenoxy) is 1. The number of anilines is 2. The van der Waals surface area contributed by atoms with Crippen molar-refractivity contribution < 1.29 is 14.3 Å². The molecule has 158 valence electrons. The first kappa shape index (κ1) is 22.5. The molecule has 0 radical (unpaired) electrons. The lowest BCUT2D eigenvalue weighted by Gasteiger charge is -2.12. The Balaban J connectivity index is 1.54. The van der Waals surface area contributed by atoms with E-state index >= 15 is 0 Å². The summed E-state index contributed by atoms with van der Waals surface area (Å²) in [5.74, 6) is 1.13. The summed E-state index contributed by atoms with van der Waals surface area (Å²) in [7, 11) is 1.60. The highest BCUT2D eigenvalue weighted by atomic mass is 32.2. The molecule has 0 bridgehead atoms. The molecule has 0 unspecified atom stereocenters. The van der Waals surface area contributed by atoms with Crippen LogP contribution >= 0.6 is 24.0 Å². The largest absolute Gasteiger partial charge is 0.497 e. The number of thiocarbonyl (C=S) groups is 1. The lowest BCUT2D eigenvalue weighted by Crippen LogP contribution is -2.19.